The Hall–Kier alpha value is -1.08. The number of benzene rings is 1. The normalized spacial score (nSPS) is 12.5. The molecule has 0 fully saturated rings. The van der Waals surface area contributed by atoms with E-state index < -0.39 is 0 Å². The third-order valence-corrected chi connectivity index (χ3v) is 5.94. The lowest BCUT2D eigenvalue weighted by Gasteiger charge is -2.11. The van der Waals surface area contributed by atoms with E-state index >= 15 is 0 Å². The Morgan fingerprint density at radius 3 is 2.18 bits per heavy atom. The van der Waals surface area contributed by atoms with Crippen molar-refractivity contribution in [1.29, 1.82) is 0 Å². The largest absolute Gasteiger partial charge is 0.145 e. The van der Waals surface area contributed by atoms with Crippen LogP contribution in [-0.2, 0) is 19.3 Å². The summed E-state index contributed by atoms with van der Waals surface area (Å²) in [4.78, 5) is 3.10. The fraction of sp³-hybridized carbons (Fsp3) is 0.524. The molecule has 1 atom stereocenters. The lowest BCUT2D eigenvalue weighted by molar-refractivity contribution is 0.515. The Morgan fingerprint density at radius 1 is 0.909 bits per heavy atom. The molecule has 120 valence electrons. The van der Waals surface area contributed by atoms with E-state index in [2.05, 4.69) is 58.0 Å². The molecule has 1 aromatic heterocycles. The van der Waals surface area contributed by atoms with Crippen LogP contribution in [0.15, 0.2) is 30.3 Å². The summed E-state index contributed by atoms with van der Waals surface area (Å²) in [6, 6.07) is 10.9. The van der Waals surface area contributed by atoms with Crippen molar-refractivity contribution in [2.45, 2.75) is 66.2 Å². The minimum absolute atomic E-state index is 0.844. The highest BCUT2D eigenvalue weighted by Gasteiger charge is 2.13. The van der Waals surface area contributed by atoms with E-state index in [4.69, 9.17) is 0 Å². The molecule has 0 bridgehead atoms. The van der Waals surface area contributed by atoms with Crippen molar-refractivity contribution >= 4 is 11.3 Å². The summed E-state index contributed by atoms with van der Waals surface area (Å²) in [5.41, 5.74) is 4.78. The van der Waals surface area contributed by atoms with Crippen molar-refractivity contribution in [3.63, 3.8) is 0 Å². The van der Waals surface area contributed by atoms with Gasteiger partial charge >= 0.3 is 0 Å². The molecule has 0 nitrogen and oxygen atoms in total. The molecular formula is C21H30S. The van der Waals surface area contributed by atoms with Gasteiger partial charge in [-0.3, -0.25) is 0 Å². The van der Waals surface area contributed by atoms with E-state index in [-0.39, 0.29) is 0 Å². The van der Waals surface area contributed by atoms with Crippen LogP contribution in [0.2, 0.25) is 0 Å². The van der Waals surface area contributed by atoms with Crippen LogP contribution in [0.3, 0.4) is 0 Å². The predicted octanol–water partition coefficient (Wildman–Crippen LogP) is 6.52. The topological polar surface area (TPSA) is 0 Å². The van der Waals surface area contributed by atoms with Gasteiger partial charge in [-0.2, -0.15) is 0 Å². The minimum Gasteiger partial charge on any atom is -0.145 e. The van der Waals surface area contributed by atoms with Gasteiger partial charge in [0.1, 0.15) is 0 Å². The lowest BCUT2D eigenvalue weighted by Crippen LogP contribution is -2.00. The second kappa shape index (κ2) is 8.53. The van der Waals surface area contributed by atoms with Crippen LogP contribution >= 0.6 is 11.3 Å². The molecule has 0 spiro atoms. The van der Waals surface area contributed by atoms with Crippen molar-refractivity contribution in [1.82, 2.24) is 0 Å². The molecule has 0 aliphatic heterocycles. The maximum absolute atomic E-state index is 2.38. The van der Waals surface area contributed by atoms with Gasteiger partial charge in [0.05, 0.1) is 0 Å². The third kappa shape index (κ3) is 4.71. The van der Waals surface area contributed by atoms with Crippen molar-refractivity contribution in [3.05, 3.63) is 56.8 Å². The average Bonchev–Trinajstić information content (AvgIpc) is 2.79. The molecule has 0 amide bonds. The summed E-state index contributed by atoms with van der Waals surface area (Å²) in [7, 11) is 0. The van der Waals surface area contributed by atoms with E-state index in [1.807, 2.05) is 11.3 Å². The van der Waals surface area contributed by atoms with Gasteiger partial charge in [-0.05, 0) is 68.6 Å². The van der Waals surface area contributed by atoms with Gasteiger partial charge in [-0.25, -0.2) is 0 Å². The summed E-state index contributed by atoms with van der Waals surface area (Å²) in [6.45, 7) is 9.30. The minimum atomic E-state index is 0.844. The molecule has 0 N–H and O–H groups in total. The van der Waals surface area contributed by atoms with Crippen LogP contribution in [0, 0.1) is 19.8 Å². The molecular weight excluding hydrogens is 284 g/mol. The predicted molar refractivity (Wildman–Crippen MR) is 100 cm³/mol. The van der Waals surface area contributed by atoms with Crippen LogP contribution in [0.5, 0.6) is 0 Å². The summed E-state index contributed by atoms with van der Waals surface area (Å²) in [5, 5.41) is 0. The Balaban J connectivity index is 1.97. The van der Waals surface area contributed by atoms with Crippen molar-refractivity contribution < 1.29 is 0 Å². The molecule has 0 aliphatic carbocycles. The molecule has 2 rings (SSSR count). The fourth-order valence-electron chi connectivity index (χ4n) is 3.14. The van der Waals surface area contributed by atoms with E-state index in [0.717, 1.165) is 5.92 Å². The molecule has 1 aromatic carbocycles. The van der Waals surface area contributed by atoms with Crippen LogP contribution in [-0.4, -0.2) is 0 Å². The summed E-state index contributed by atoms with van der Waals surface area (Å²) >= 11 is 2.00. The van der Waals surface area contributed by atoms with Gasteiger partial charge in [0.2, 0.25) is 0 Å². The first kappa shape index (κ1) is 17.3. The molecule has 0 saturated carbocycles. The van der Waals surface area contributed by atoms with Crippen LogP contribution < -0.4 is 0 Å². The highest BCUT2D eigenvalue weighted by molar-refractivity contribution is 7.12. The molecule has 2 aromatic rings. The number of rotatable bonds is 8. The van der Waals surface area contributed by atoms with Crippen LogP contribution in [0.25, 0.3) is 0 Å². The maximum Gasteiger partial charge on any atom is 0.00518 e. The first-order valence-electron chi connectivity index (χ1n) is 8.73. The number of hydrogen-bond donors (Lipinski definition) is 0. The van der Waals surface area contributed by atoms with Gasteiger partial charge in [-0.1, -0.05) is 50.6 Å². The molecule has 0 aliphatic rings. The van der Waals surface area contributed by atoms with Crippen molar-refractivity contribution in [2.75, 3.05) is 0 Å². The molecule has 1 unspecified atom stereocenters. The number of hydrogen-bond acceptors (Lipinski definition) is 1. The SMILES string of the molecule is CCC(C)CCc1c(C)sc(C)c1CCCc1ccccc1. The average molecular weight is 315 g/mol. The first-order valence-corrected chi connectivity index (χ1v) is 9.55. The van der Waals surface area contributed by atoms with Gasteiger partial charge in [0, 0.05) is 9.75 Å². The maximum atomic E-state index is 2.38. The summed E-state index contributed by atoms with van der Waals surface area (Å²) < 4.78 is 0. The lowest BCUT2D eigenvalue weighted by atomic mass is 9.94. The van der Waals surface area contributed by atoms with E-state index in [0.29, 0.717) is 0 Å². The molecule has 0 radical (unpaired) electrons. The van der Waals surface area contributed by atoms with E-state index in [1.54, 1.807) is 20.9 Å². The Morgan fingerprint density at radius 2 is 1.55 bits per heavy atom. The second-order valence-electron chi connectivity index (χ2n) is 6.56. The molecule has 1 heteroatoms. The van der Waals surface area contributed by atoms with Gasteiger partial charge in [0.25, 0.3) is 0 Å². The molecule has 0 saturated heterocycles. The van der Waals surface area contributed by atoms with E-state index in [1.165, 1.54) is 44.1 Å². The summed E-state index contributed by atoms with van der Waals surface area (Å²) in [5.74, 6) is 0.844. The van der Waals surface area contributed by atoms with Crippen LogP contribution in [0.1, 0.15) is 59.6 Å². The standard InChI is InChI=1S/C21H30S/c1-5-16(2)14-15-21-18(4)22-17(3)20(21)13-9-12-19-10-7-6-8-11-19/h6-8,10-11,16H,5,9,12-15H2,1-4H3. The van der Waals surface area contributed by atoms with Gasteiger partial charge < -0.3 is 0 Å². The third-order valence-electron chi connectivity index (χ3n) is 4.84. The first-order chi connectivity index (χ1) is 10.6. The zero-order chi connectivity index (χ0) is 15.9. The summed E-state index contributed by atoms with van der Waals surface area (Å²) in [6.07, 6.45) is 7.59. The van der Waals surface area contributed by atoms with Gasteiger partial charge in [0.15, 0.2) is 0 Å². The molecule has 1 heterocycles. The smallest absolute Gasteiger partial charge is 0.00518 e. The van der Waals surface area contributed by atoms with Gasteiger partial charge in [-0.15, -0.1) is 11.3 Å². The van der Waals surface area contributed by atoms with Crippen LogP contribution in [0.4, 0.5) is 0 Å². The fourth-order valence-corrected chi connectivity index (χ4v) is 4.30. The quantitative estimate of drug-likeness (QED) is 0.520. The van der Waals surface area contributed by atoms with E-state index in [9.17, 15) is 0 Å². The highest BCUT2D eigenvalue weighted by Crippen LogP contribution is 2.30. The monoisotopic (exact) mass is 314 g/mol. The van der Waals surface area contributed by atoms with Crippen molar-refractivity contribution in [2.24, 2.45) is 5.92 Å². The highest BCUT2D eigenvalue weighted by atomic mass is 32.1. The Kier molecular flexibility index (Phi) is 6.70. The Labute approximate surface area is 140 Å². The number of thiophene rings is 1. The zero-order valence-electron chi connectivity index (χ0n) is 14.6. The number of aryl methyl sites for hydroxylation is 3. The molecule has 22 heavy (non-hydrogen) atoms. The Bertz CT molecular complexity index is 565. The zero-order valence-corrected chi connectivity index (χ0v) is 15.4. The van der Waals surface area contributed by atoms with Crippen molar-refractivity contribution in [3.8, 4) is 0 Å². The second-order valence-corrected chi connectivity index (χ2v) is 7.99.